The first kappa shape index (κ1) is 11.7. The number of rotatable bonds is 5. The summed E-state index contributed by atoms with van der Waals surface area (Å²) in [4.78, 5) is 7.66. The molecule has 3 N–H and O–H groups in total. The van der Waals surface area contributed by atoms with Crippen molar-refractivity contribution in [2.75, 3.05) is 13.7 Å². The van der Waals surface area contributed by atoms with Crippen molar-refractivity contribution in [3.63, 3.8) is 0 Å². The summed E-state index contributed by atoms with van der Waals surface area (Å²) in [6, 6.07) is 7.84. The third-order valence-electron chi connectivity index (χ3n) is 2.64. The van der Waals surface area contributed by atoms with Crippen LogP contribution in [0.25, 0.3) is 11.4 Å². The number of imidazole rings is 1. The minimum absolute atomic E-state index is 0.697. The van der Waals surface area contributed by atoms with Gasteiger partial charge in [0.2, 0.25) is 0 Å². The van der Waals surface area contributed by atoms with E-state index >= 15 is 0 Å². The molecule has 0 saturated heterocycles. The van der Waals surface area contributed by atoms with Crippen LogP contribution in [-0.4, -0.2) is 23.6 Å². The first-order chi connectivity index (χ1) is 8.35. The summed E-state index contributed by atoms with van der Waals surface area (Å²) >= 11 is 0. The molecule has 0 unspecified atom stereocenters. The Bertz CT molecular complexity index is 479. The summed E-state index contributed by atoms with van der Waals surface area (Å²) in [6.07, 6.45) is 3.75. The average Bonchev–Trinajstić information content (AvgIpc) is 2.85. The molecule has 1 aromatic heterocycles. The van der Waals surface area contributed by atoms with Crippen molar-refractivity contribution in [3.05, 3.63) is 36.2 Å². The van der Waals surface area contributed by atoms with Crippen molar-refractivity contribution in [3.8, 4) is 17.1 Å². The van der Waals surface area contributed by atoms with Crippen LogP contribution >= 0.6 is 0 Å². The molecule has 0 saturated carbocycles. The van der Waals surface area contributed by atoms with Crippen LogP contribution < -0.4 is 10.5 Å². The van der Waals surface area contributed by atoms with Crippen molar-refractivity contribution in [2.45, 2.75) is 12.8 Å². The number of benzene rings is 1. The van der Waals surface area contributed by atoms with Gasteiger partial charge in [-0.2, -0.15) is 0 Å². The van der Waals surface area contributed by atoms with Gasteiger partial charge in [0.15, 0.2) is 0 Å². The van der Waals surface area contributed by atoms with Crippen LogP contribution in [0.3, 0.4) is 0 Å². The predicted molar refractivity (Wildman–Crippen MR) is 68.0 cm³/mol. The van der Waals surface area contributed by atoms with Gasteiger partial charge in [-0.25, -0.2) is 4.98 Å². The third-order valence-corrected chi connectivity index (χ3v) is 2.64. The fraction of sp³-hybridized carbons (Fsp3) is 0.308. The van der Waals surface area contributed by atoms with Crippen molar-refractivity contribution < 1.29 is 4.74 Å². The molecule has 0 bridgehead atoms. The number of aryl methyl sites for hydroxylation is 1. The summed E-state index contributed by atoms with van der Waals surface area (Å²) in [6.45, 7) is 0.697. The summed E-state index contributed by atoms with van der Waals surface area (Å²) in [5, 5.41) is 0. The second kappa shape index (κ2) is 5.50. The highest BCUT2D eigenvalue weighted by Gasteiger charge is 2.08. The molecule has 17 heavy (non-hydrogen) atoms. The Hall–Kier alpha value is -1.81. The van der Waals surface area contributed by atoms with Crippen LogP contribution in [0.15, 0.2) is 30.5 Å². The Kier molecular flexibility index (Phi) is 3.77. The second-order valence-electron chi connectivity index (χ2n) is 3.85. The highest BCUT2D eigenvalue weighted by Crippen LogP contribution is 2.27. The maximum Gasteiger partial charge on any atom is 0.141 e. The molecule has 0 atom stereocenters. The van der Waals surface area contributed by atoms with Gasteiger partial charge in [-0.05, 0) is 31.5 Å². The highest BCUT2D eigenvalue weighted by molar-refractivity contribution is 5.64. The van der Waals surface area contributed by atoms with Gasteiger partial charge in [0.05, 0.1) is 12.7 Å². The van der Waals surface area contributed by atoms with E-state index in [4.69, 9.17) is 10.5 Å². The molecule has 4 heteroatoms. The lowest BCUT2D eigenvalue weighted by Gasteiger charge is -2.04. The minimum Gasteiger partial charge on any atom is -0.496 e. The molecule has 90 valence electrons. The molecular formula is C13H17N3O. The Labute approximate surface area is 101 Å². The topological polar surface area (TPSA) is 63.9 Å². The average molecular weight is 231 g/mol. The molecule has 0 fully saturated rings. The SMILES string of the molecule is COc1ccccc1-c1ncc(CCCN)[nH]1. The van der Waals surface area contributed by atoms with Gasteiger partial charge in [-0.15, -0.1) is 0 Å². The monoisotopic (exact) mass is 231 g/mol. The summed E-state index contributed by atoms with van der Waals surface area (Å²) in [7, 11) is 1.66. The number of H-pyrrole nitrogens is 1. The number of aromatic amines is 1. The quantitative estimate of drug-likeness (QED) is 0.827. The number of hydrogen-bond acceptors (Lipinski definition) is 3. The molecule has 0 aliphatic rings. The lowest BCUT2D eigenvalue weighted by atomic mass is 10.2. The van der Waals surface area contributed by atoms with E-state index in [1.165, 1.54) is 0 Å². The highest BCUT2D eigenvalue weighted by atomic mass is 16.5. The molecule has 1 heterocycles. The summed E-state index contributed by atoms with van der Waals surface area (Å²) < 4.78 is 5.31. The van der Waals surface area contributed by atoms with Crippen LogP contribution in [0.1, 0.15) is 12.1 Å². The maximum atomic E-state index is 5.49. The van der Waals surface area contributed by atoms with Gasteiger partial charge in [-0.1, -0.05) is 12.1 Å². The molecule has 1 aromatic carbocycles. The standard InChI is InChI=1S/C13H17N3O/c1-17-12-7-3-2-6-11(12)13-15-9-10(16-13)5-4-8-14/h2-3,6-7,9H,4-5,8,14H2,1H3,(H,15,16). The summed E-state index contributed by atoms with van der Waals surface area (Å²) in [5.41, 5.74) is 7.57. The van der Waals surface area contributed by atoms with E-state index in [-0.39, 0.29) is 0 Å². The van der Waals surface area contributed by atoms with E-state index < -0.39 is 0 Å². The lowest BCUT2D eigenvalue weighted by molar-refractivity contribution is 0.416. The lowest BCUT2D eigenvalue weighted by Crippen LogP contribution is -2.00. The Morgan fingerprint density at radius 2 is 2.18 bits per heavy atom. The number of para-hydroxylation sites is 1. The van der Waals surface area contributed by atoms with E-state index in [1.54, 1.807) is 7.11 Å². The van der Waals surface area contributed by atoms with Crippen molar-refractivity contribution in [1.82, 2.24) is 9.97 Å². The van der Waals surface area contributed by atoms with Gasteiger partial charge >= 0.3 is 0 Å². The van der Waals surface area contributed by atoms with Crippen LogP contribution in [0.2, 0.25) is 0 Å². The van der Waals surface area contributed by atoms with E-state index in [9.17, 15) is 0 Å². The van der Waals surface area contributed by atoms with E-state index in [2.05, 4.69) is 9.97 Å². The van der Waals surface area contributed by atoms with Crippen LogP contribution in [0, 0.1) is 0 Å². The van der Waals surface area contributed by atoms with Gasteiger partial charge in [-0.3, -0.25) is 0 Å². The molecule has 2 rings (SSSR count). The van der Waals surface area contributed by atoms with Gasteiger partial charge in [0.1, 0.15) is 11.6 Å². The third kappa shape index (κ3) is 2.65. The maximum absolute atomic E-state index is 5.49. The predicted octanol–water partition coefficient (Wildman–Crippen LogP) is 1.98. The van der Waals surface area contributed by atoms with Crippen LogP contribution in [0.5, 0.6) is 5.75 Å². The first-order valence-electron chi connectivity index (χ1n) is 5.72. The number of ether oxygens (including phenoxy) is 1. The molecule has 4 nitrogen and oxygen atoms in total. The molecule has 0 aliphatic carbocycles. The van der Waals surface area contributed by atoms with E-state index in [1.807, 2.05) is 30.5 Å². The molecule has 0 spiro atoms. The molecule has 0 aliphatic heterocycles. The fourth-order valence-corrected chi connectivity index (χ4v) is 1.76. The number of nitrogens with one attached hydrogen (secondary N) is 1. The fourth-order valence-electron chi connectivity index (χ4n) is 1.76. The number of hydrogen-bond donors (Lipinski definition) is 2. The molecule has 2 aromatic rings. The molecule has 0 radical (unpaired) electrons. The normalized spacial score (nSPS) is 10.5. The zero-order chi connectivity index (χ0) is 12.1. The number of nitrogens with zero attached hydrogens (tertiary/aromatic N) is 1. The number of nitrogens with two attached hydrogens (primary N) is 1. The Balaban J connectivity index is 2.24. The first-order valence-corrected chi connectivity index (χ1v) is 5.72. The molecule has 0 amide bonds. The zero-order valence-electron chi connectivity index (χ0n) is 9.94. The van der Waals surface area contributed by atoms with Gasteiger partial charge < -0.3 is 15.5 Å². The summed E-state index contributed by atoms with van der Waals surface area (Å²) in [5.74, 6) is 1.67. The molecular weight excluding hydrogens is 214 g/mol. The second-order valence-corrected chi connectivity index (χ2v) is 3.85. The zero-order valence-corrected chi connectivity index (χ0v) is 9.94. The number of aromatic nitrogens is 2. The Morgan fingerprint density at radius 1 is 1.35 bits per heavy atom. The van der Waals surface area contributed by atoms with E-state index in [0.717, 1.165) is 35.7 Å². The minimum atomic E-state index is 0.697. The number of methoxy groups -OCH3 is 1. The van der Waals surface area contributed by atoms with Crippen molar-refractivity contribution in [1.29, 1.82) is 0 Å². The van der Waals surface area contributed by atoms with Crippen molar-refractivity contribution in [2.24, 2.45) is 5.73 Å². The smallest absolute Gasteiger partial charge is 0.141 e. The van der Waals surface area contributed by atoms with Crippen LogP contribution in [0.4, 0.5) is 0 Å². The van der Waals surface area contributed by atoms with Crippen molar-refractivity contribution >= 4 is 0 Å². The van der Waals surface area contributed by atoms with Gasteiger partial charge in [0, 0.05) is 11.9 Å². The van der Waals surface area contributed by atoms with Gasteiger partial charge in [0.25, 0.3) is 0 Å². The van der Waals surface area contributed by atoms with Crippen LogP contribution in [-0.2, 0) is 6.42 Å². The Morgan fingerprint density at radius 3 is 2.94 bits per heavy atom. The van der Waals surface area contributed by atoms with E-state index in [0.29, 0.717) is 6.54 Å². The largest absolute Gasteiger partial charge is 0.496 e.